The summed E-state index contributed by atoms with van der Waals surface area (Å²) in [5.74, 6) is 0.843. The van der Waals surface area contributed by atoms with Crippen molar-refractivity contribution in [1.82, 2.24) is 10.6 Å². The van der Waals surface area contributed by atoms with Gasteiger partial charge in [0.25, 0.3) is 11.8 Å². The quantitative estimate of drug-likeness (QED) is 0.459. The Morgan fingerprint density at radius 2 is 1.70 bits per heavy atom. The summed E-state index contributed by atoms with van der Waals surface area (Å²) < 4.78 is 5.69. The highest BCUT2D eigenvalue weighted by Crippen LogP contribution is 2.20. The molecule has 0 bridgehead atoms. The largest absolute Gasteiger partial charge is 0.494 e. The first-order chi connectivity index (χ1) is 15.9. The van der Waals surface area contributed by atoms with Crippen molar-refractivity contribution < 1.29 is 14.3 Å². The second-order valence-corrected chi connectivity index (χ2v) is 9.23. The number of carbonyl (C=O) groups is 2. The Hall–Kier alpha value is -2.93. The van der Waals surface area contributed by atoms with E-state index in [0.717, 1.165) is 37.9 Å². The van der Waals surface area contributed by atoms with Gasteiger partial charge in [0.05, 0.1) is 17.9 Å². The first-order valence-corrected chi connectivity index (χ1v) is 12.1. The molecule has 33 heavy (non-hydrogen) atoms. The van der Waals surface area contributed by atoms with E-state index in [1.54, 1.807) is 36.4 Å². The van der Waals surface area contributed by atoms with Gasteiger partial charge in [-0.15, -0.1) is 0 Å². The highest BCUT2D eigenvalue weighted by Gasteiger charge is 2.19. The van der Waals surface area contributed by atoms with Crippen molar-refractivity contribution in [1.29, 1.82) is 0 Å². The van der Waals surface area contributed by atoms with Crippen LogP contribution in [0.4, 0.5) is 5.69 Å². The van der Waals surface area contributed by atoms with Crippen LogP contribution in [0.15, 0.2) is 48.5 Å². The molecule has 7 heteroatoms. The van der Waals surface area contributed by atoms with Gasteiger partial charge in [-0.25, -0.2) is 0 Å². The molecule has 1 aliphatic carbocycles. The van der Waals surface area contributed by atoms with Gasteiger partial charge < -0.3 is 15.4 Å². The predicted octanol–water partition coefficient (Wildman–Crippen LogP) is 5.30. The van der Waals surface area contributed by atoms with Gasteiger partial charge in [-0.1, -0.05) is 45.2 Å². The third-order valence-electron chi connectivity index (χ3n) is 5.67. The molecule has 0 heterocycles. The maximum atomic E-state index is 12.8. The van der Waals surface area contributed by atoms with Crippen molar-refractivity contribution in [3.63, 3.8) is 0 Å². The summed E-state index contributed by atoms with van der Waals surface area (Å²) >= 11 is 5.33. The Balaban J connectivity index is 1.55. The zero-order valence-electron chi connectivity index (χ0n) is 19.4. The van der Waals surface area contributed by atoms with Gasteiger partial charge in [0.15, 0.2) is 5.11 Å². The second kappa shape index (κ2) is 12.3. The minimum atomic E-state index is -0.328. The summed E-state index contributed by atoms with van der Waals surface area (Å²) in [6.07, 6.45) is 6.52. The van der Waals surface area contributed by atoms with E-state index < -0.39 is 0 Å². The van der Waals surface area contributed by atoms with Gasteiger partial charge in [-0.2, -0.15) is 0 Å². The van der Waals surface area contributed by atoms with E-state index in [2.05, 4.69) is 29.8 Å². The van der Waals surface area contributed by atoms with Crippen molar-refractivity contribution >= 4 is 34.8 Å². The Morgan fingerprint density at radius 3 is 2.39 bits per heavy atom. The first kappa shape index (κ1) is 24.7. The molecular weight excluding hydrogens is 434 g/mol. The molecule has 6 nitrogen and oxygen atoms in total. The molecule has 2 amide bonds. The highest BCUT2D eigenvalue weighted by molar-refractivity contribution is 7.80. The Labute approximate surface area is 201 Å². The van der Waals surface area contributed by atoms with E-state index in [-0.39, 0.29) is 23.0 Å². The Kier molecular flexibility index (Phi) is 9.24. The third-order valence-corrected chi connectivity index (χ3v) is 5.87. The molecule has 0 unspecified atom stereocenters. The lowest BCUT2D eigenvalue weighted by Gasteiger charge is -2.23. The molecule has 3 rings (SSSR count). The molecular formula is C26H33N3O3S. The second-order valence-electron chi connectivity index (χ2n) is 8.82. The molecule has 1 saturated carbocycles. The maximum absolute atomic E-state index is 12.8. The van der Waals surface area contributed by atoms with E-state index in [1.165, 1.54) is 6.42 Å². The lowest BCUT2D eigenvalue weighted by atomic mass is 9.95. The zero-order valence-corrected chi connectivity index (χ0v) is 20.2. The molecule has 2 aromatic carbocycles. The zero-order chi connectivity index (χ0) is 23.6. The number of hydrogen-bond donors (Lipinski definition) is 3. The van der Waals surface area contributed by atoms with Crippen LogP contribution >= 0.6 is 12.2 Å². The van der Waals surface area contributed by atoms with Gasteiger partial charge in [0.1, 0.15) is 5.75 Å². The number of anilines is 1. The smallest absolute Gasteiger partial charge is 0.257 e. The summed E-state index contributed by atoms with van der Waals surface area (Å²) in [6.45, 7) is 4.94. The van der Waals surface area contributed by atoms with Crippen LogP contribution in [-0.2, 0) is 0 Å². The SMILES string of the molecule is CC(C)CCOc1ccc(C(=O)NC(=S)Nc2ccccc2C(=O)NC2CCCCC2)cc1. The summed E-state index contributed by atoms with van der Waals surface area (Å²) in [5.41, 5.74) is 1.53. The monoisotopic (exact) mass is 467 g/mol. The summed E-state index contributed by atoms with van der Waals surface area (Å²) in [7, 11) is 0. The van der Waals surface area contributed by atoms with Crippen molar-refractivity contribution in [3.05, 3.63) is 59.7 Å². The number of para-hydroxylation sites is 1. The van der Waals surface area contributed by atoms with E-state index in [4.69, 9.17) is 17.0 Å². The average Bonchev–Trinajstić information content (AvgIpc) is 2.80. The highest BCUT2D eigenvalue weighted by atomic mass is 32.1. The standard InChI is InChI=1S/C26H33N3O3S/c1-18(2)16-17-32-21-14-12-19(13-15-21)24(30)29-26(33)28-23-11-7-6-10-22(23)25(31)27-20-8-4-3-5-9-20/h6-7,10-15,18,20H,3-5,8-9,16-17H2,1-2H3,(H,27,31)(H2,28,29,30,33). The summed E-state index contributed by atoms with van der Waals surface area (Å²) in [4.78, 5) is 25.4. The van der Waals surface area contributed by atoms with Crippen molar-refractivity contribution in [2.24, 2.45) is 5.92 Å². The number of nitrogens with one attached hydrogen (secondary N) is 3. The van der Waals surface area contributed by atoms with Crippen molar-refractivity contribution in [2.45, 2.75) is 58.4 Å². The molecule has 1 aliphatic rings. The molecule has 0 atom stereocenters. The first-order valence-electron chi connectivity index (χ1n) is 11.7. The van der Waals surface area contributed by atoms with E-state index in [9.17, 15) is 9.59 Å². The number of rotatable bonds is 8. The third kappa shape index (κ3) is 7.86. The van der Waals surface area contributed by atoms with Crippen LogP contribution in [0.5, 0.6) is 5.75 Å². The van der Waals surface area contributed by atoms with Crippen LogP contribution in [0.2, 0.25) is 0 Å². The molecule has 0 saturated heterocycles. The Bertz CT molecular complexity index is 954. The lowest BCUT2D eigenvalue weighted by molar-refractivity contribution is 0.0927. The molecule has 0 aliphatic heterocycles. The van der Waals surface area contributed by atoms with Crippen LogP contribution in [0.3, 0.4) is 0 Å². The number of ether oxygens (including phenoxy) is 1. The number of benzene rings is 2. The fourth-order valence-corrected chi connectivity index (χ4v) is 3.95. The van der Waals surface area contributed by atoms with E-state index in [1.807, 2.05) is 12.1 Å². The molecule has 1 fully saturated rings. The minimum Gasteiger partial charge on any atom is -0.494 e. The molecule has 176 valence electrons. The number of hydrogen-bond acceptors (Lipinski definition) is 4. The predicted molar refractivity (Wildman–Crippen MR) is 136 cm³/mol. The van der Waals surface area contributed by atoms with Crippen molar-refractivity contribution in [3.8, 4) is 5.75 Å². The summed E-state index contributed by atoms with van der Waals surface area (Å²) in [5, 5.41) is 8.93. The Morgan fingerprint density at radius 1 is 1.00 bits per heavy atom. The molecule has 3 N–H and O–H groups in total. The van der Waals surface area contributed by atoms with Gasteiger partial charge >= 0.3 is 0 Å². The average molecular weight is 468 g/mol. The van der Waals surface area contributed by atoms with Crippen LogP contribution in [0, 0.1) is 5.92 Å². The van der Waals surface area contributed by atoms with E-state index in [0.29, 0.717) is 29.3 Å². The van der Waals surface area contributed by atoms with Gasteiger partial charge in [-0.3, -0.25) is 14.9 Å². The molecule has 2 aromatic rings. The maximum Gasteiger partial charge on any atom is 0.257 e. The summed E-state index contributed by atoms with van der Waals surface area (Å²) in [6, 6.07) is 14.3. The van der Waals surface area contributed by atoms with Crippen LogP contribution < -0.4 is 20.7 Å². The minimum absolute atomic E-state index is 0.132. The number of thiocarbonyl (C=S) groups is 1. The van der Waals surface area contributed by atoms with Crippen LogP contribution in [0.25, 0.3) is 0 Å². The molecule has 0 radical (unpaired) electrons. The fraction of sp³-hybridized carbons (Fsp3) is 0.423. The van der Waals surface area contributed by atoms with Crippen LogP contribution in [0.1, 0.15) is 73.1 Å². The molecule has 0 aromatic heterocycles. The van der Waals surface area contributed by atoms with Gasteiger partial charge in [-0.05, 0) is 73.8 Å². The van der Waals surface area contributed by atoms with E-state index >= 15 is 0 Å². The normalized spacial score (nSPS) is 13.9. The van der Waals surface area contributed by atoms with Crippen molar-refractivity contribution in [2.75, 3.05) is 11.9 Å². The fourth-order valence-electron chi connectivity index (χ4n) is 3.74. The molecule has 0 spiro atoms. The number of carbonyl (C=O) groups excluding carboxylic acids is 2. The number of amides is 2. The van der Waals surface area contributed by atoms with Gasteiger partial charge in [0, 0.05) is 11.6 Å². The topological polar surface area (TPSA) is 79.5 Å². The van der Waals surface area contributed by atoms with Gasteiger partial charge in [0.2, 0.25) is 0 Å². The van der Waals surface area contributed by atoms with Crippen LogP contribution in [-0.4, -0.2) is 29.6 Å². The lowest BCUT2D eigenvalue weighted by Crippen LogP contribution is -2.37.